The maximum Gasteiger partial charge on any atom is 0.242 e. The van der Waals surface area contributed by atoms with Gasteiger partial charge < -0.3 is 15.8 Å². The van der Waals surface area contributed by atoms with E-state index in [-0.39, 0.29) is 6.10 Å². The molecular formula is C16H22N4O. The highest BCUT2D eigenvalue weighted by molar-refractivity contribution is 5.66. The van der Waals surface area contributed by atoms with E-state index >= 15 is 0 Å². The molecule has 0 saturated carbocycles. The molecular weight excluding hydrogens is 264 g/mol. The quantitative estimate of drug-likeness (QED) is 0.766. The van der Waals surface area contributed by atoms with Crippen LogP contribution >= 0.6 is 0 Å². The van der Waals surface area contributed by atoms with Gasteiger partial charge in [0.2, 0.25) is 5.88 Å². The van der Waals surface area contributed by atoms with Crippen molar-refractivity contribution < 1.29 is 4.74 Å². The van der Waals surface area contributed by atoms with Gasteiger partial charge in [-0.05, 0) is 32.3 Å². The average molecular weight is 286 g/mol. The van der Waals surface area contributed by atoms with E-state index in [1.165, 1.54) is 11.9 Å². The van der Waals surface area contributed by atoms with Crippen molar-refractivity contribution in [2.75, 3.05) is 17.6 Å². The third kappa shape index (κ3) is 4.63. The van der Waals surface area contributed by atoms with Gasteiger partial charge in [-0.2, -0.15) is 4.98 Å². The summed E-state index contributed by atoms with van der Waals surface area (Å²) < 4.78 is 5.55. The maximum atomic E-state index is 6.01. The van der Waals surface area contributed by atoms with E-state index in [9.17, 15) is 0 Å². The molecule has 0 bridgehead atoms. The summed E-state index contributed by atoms with van der Waals surface area (Å²) in [5.74, 6) is 1.07. The number of nitrogens with one attached hydrogen (secondary N) is 1. The van der Waals surface area contributed by atoms with Crippen LogP contribution in [0.25, 0.3) is 0 Å². The molecule has 3 N–H and O–H groups in total. The molecule has 112 valence electrons. The Morgan fingerprint density at radius 1 is 1.19 bits per heavy atom. The van der Waals surface area contributed by atoms with Gasteiger partial charge in [0, 0.05) is 6.54 Å². The molecule has 0 fully saturated rings. The molecule has 1 heterocycles. The molecule has 5 nitrogen and oxygen atoms in total. The van der Waals surface area contributed by atoms with E-state index in [0.29, 0.717) is 17.4 Å². The molecule has 2 aromatic rings. The lowest BCUT2D eigenvalue weighted by Gasteiger charge is -2.13. The van der Waals surface area contributed by atoms with Crippen LogP contribution in [0.2, 0.25) is 0 Å². The second kappa shape index (κ2) is 7.47. The van der Waals surface area contributed by atoms with Gasteiger partial charge in [0.25, 0.3) is 0 Å². The Kier molecular flexibility index (Phi) is 5.37. The van der Waals surface area contributed by atoms with Gasteiger partial charge in [0.05, 0.1) is 6.10 Å². The van der Waals surface area contributed by atoms with Gasteiger partial charge in [-0.1, -0.05) is 30.3 Å². The molecule has 0 aliphatic rings. The second-order valence-electron chi connectivity index (χ2n) is 5.12. The number of aryl methyl sites for hydroxylation is 1. The highest BCUT2D eigenvalue weighted by atomic mass is 16.5. The smallest absolute Gasteiger partial charge is 0.242 e. The molecule has 0 unspecified atom stereocenters. The Morgan fingerprint density at radius 3 is 2.67 bits per heavy atom. The lowest BCUT2D eigenvalue weighted by Crippen LogP contribution is -2.12. The van der Waals surface area contributed by atoms with Crippen molar-refractivity contribution >= 4 is 11.5 Å². The zero-order valence-corrected chi connectivity index (χ0v) is 12.5. The van der Waals surface area contributed by atoms with Crippen molar-refractivity contribution in [1.82, 2.24) is 9.97 Å². The number of hydrogen-bond donors (Lipinski definition) is 2. The normalized spacial score (nSPS) is 10.6. The van der Waals surface area contributed by atoms with Gasteiger partial charge in [-0.25, -0.2) is 4.98 Å². The number of benzene rings is 1. The van der Waals surface area contributed by atoms with Crippen LogP contribution in [0.4, 0.5) is 11.5 Å². The van der Waals surface area contributed by atoms with Gasteiger partial charge in [-0.15, -0.1) is 0 Å². The van der Waals surface area contributed by atoms with E-state index in [2.05, 4.69) is 39.6 Å². The van der Waals surface area contributed by atoms with Crippen molar-refractivity contribution in [2.45, 2.75) is 32.8 Å². The second-order valence-corrected chi connectivity index (χ2v) is 5.12. The minimum Gasteiger partial charge on any atom is -0.473 e. The minimum atomic E-state index is 0.0353. The number of ether oxygens (including phenoxy) is 1. The molecule has 0 radical (unpaired) electrons. The maximum absolute atomic E-state index is 6.01. The number of rotatable bonds is 7. The summed E-state index contributed by atoms with van der Waals surface area (Å²) in [6.45, 7) is 4.68. The summed E-state index contributed by atoms with van der Waals surface area (Å²) in [5, 5.41) is 3.24. The molecule has 0 atom stereocenters. The Balaban J connectivity index is 1.85. The standard InChI is InChI=1S/C16H22N4O/c1-12(2)21-16-14(17)15(19-11-20-16)18-10-6-9-13-7-4-3-5-8-13/h3-5,7-8,11-12H,6,9-10,17H2,1-2H3,(H,18,19,20). The van der Waals surface area contributed by atoms with Crippen LogP contribution in [0.1, 0.15) is 25.8 Å². The Labute approximate surface area is 125 Å². The van der Waals surface area contributed by atoms with E-state index in [1.807, 2.05) is 19.9 Å². The molecule has 0 amide bonds. The van der Waals surface area contributed by atoms with Crippen LogP contribution in [0.3, 0.4) is 0 Å². The van der Waals surface area contributed by atoms with Crippen LogP contribution in [0.5, 0.6) is 5.88 Å². The van der Waals surface area contributed by atoms with E-state index in [4.69, 9.17) is 10.5 Å². The molecule has 21 heavy (non-hydrogen) atoms. The van der Waals surface area contributed by atoms with Gasteiger partial charge in [0.15, 0.2) is 5.82 Å². The number of nitrogen functional groups attached to an aromatic ring is 1. The first-order valence-electron chi connectivity index (χ1n) is 7.21. The van der Waals surface area contributed by atoms with Gasteiger partial charge in [0.1, 0.15) is 12.0 Å². The first-order valence-corrected chi connectivity index (χ1v) is 7.21. The summed E-state index contributed by atoms with van der Waals surface area (Å²) in [7, 11) is 0. The third-order valence-electron chi connectivity index (χ3n) is 2.97. The fourth-order valence-electron chi connectivity index (χ4n) is 1.98. The average Bonchev–Trinajstić information content (AvgIpc) is 2.48. The van der Waals surface area contributed by atoms with E-state index in [0.717, 1.165) is 19.4 Å². The zero-order chi connectivity index (χ0) is 15.1. The summed E-state index contributed by atoms with van der Waals surface area (Å²) in [4.78, 5) is 8.22. The Morgan fingerprint density at radius 2 is 1.95 bits per heavy atom. The monoisotopic (exact) mass is 286 g/mol. The molecule has 1 aromatic heterocycles. The largest absolute Gasteiger partial charge is 0.473 e. The molecule has 5 heteroatoms. The highest BCUT2D eigenvalue weighted by Crippen LogP contribution is 2.25. The van der Waals surface area contributed by atoms with Crippen LogP contribution in [0, 0.1) is 0 Å². The summed E-state index contributed by atoms with van der Waals surface area (Å²) >= 11 is 0. The molecule has 1 aromatic carbocycles. The van der Waals surface area contributed by atoms with Crippen molar-refractivity contribution in [3.63, 3.8) is 0 Å². The van der Waals surface area contributed by atoms with Crippen molar-refractivity contribution in [2.24, 2.45) is 0 Å². The molecule has 2 rings (SSSR count). The number of nitrogens with two attached hydrogens (primary N) is 1. The van der Waals surface area contributed by atoms with Gasteiger partial charge >= 0.3 is 0 Å². The predicted molar refractivity (Wildman–Crippen MR) is 85.5 cm³/mol. The Bertz CT molecular complexity index is 557. The number of aromatic nitrogens is 2. The molecule has 0 aliphatic carbocycles. The third-order valence-corrected chi connectivity index (χ3v) is 2.97. The molecule has 0 saturated heterocycles. The molecule has 0 aliphatic heterocycles. The minimum absolute atomic E-state index is 0.0353. The predicted octanol–water partition coefficient (Wildman–Crippen LogP) is 2.89. The highest BCUT2D eigenvalue weighted by Gasteiger charge is 2.10. The van der Waals surface area contributed by atoms with E-state index in [1.54, 1.807) is 0 Å². The van der Waals surface area contributed by atoms with Crippen LogP contribution in [0.15, 0.2) is 36.7 Å². The number of anilines is 2. The van der Waals surface area contributed by atoms with Crippen LogP contribution in [-0.4, -0.2) is 22.6 Å². The van der Waals surface area contributed by atoms with Crippen LogP contribution in [-0.2, 0) is 6.42 Å². The fourth-order valence-corrected chi connectivity index (χ4v) is 1.98. The molecule has 0 spiro atoms. The van der Waals surface area contributed by atoms with Crippen molar-refractivity contribution in [3.05, 3.63) is 42.2 Å². The lowest BCUT2D eigenvalue weighted by molar-refractivity contribution is 0.234. The first kappa shape index (κ1) is 15.1. The summed E-state index contributed by atoms with van der Waals surface area (Å²) in [5.41, 5.74) is 7.81. The van der Waals surface area contributed by atoms with Crippen molar-refractivity contribution in [1.29, 1.82) is 0 Å². The van der Waals surface area contributed by atoms with E-state index < -0.39 is 0 Å². The van der Waals surface area contributed by atoms with Crippen molar-refractivity contribution in [3.8, 4) is 5.88 Å². The topological polar surface area (TPSA) is 73.1 Å². The number of hydrogen-bond acceptors (Lipinski definition) is 5. The summed E-state index contributed by atoms with van der Waals surface area (Å²) in [6.07, 6.45) is 3.53. The first-order chi connectivity index (χ1) is 10.2. The number of nitrogens with zero attached hydrogens (tertiary/aromatic N) is 2. The fraction of sp³-hybridized carbons (Fsp3) is 0.375. The Hall–Kier alpha value is -2.30. The summed E-state index contributed by atoms with van der Waals surface area (Å²) in [6, 6.07) is 10.4. The zero-order valence-electron chi connectivity index (χ0n) is 12.5. The SMILES string of the molecule is CC(C)Oc1ncnc(NCCCc2ccccc2)c1N. The van der Waals surface area contributed by atoms with Gasteiger partial charge in [-0.3, -0.25) is 0 Å². The van der Waals surface area contributed by atoms with Crippen LogP contribution < -0.4 is 15.8 Å². The lowest BCUT2D eigenvalue weighted by atomic mass is 10.1.